The molecule has 0 heterocycles. The van der Waals surface area contributed by atoms with Crippen LogP contribution in [0.4, 0.5) is 0 Å². The first-order chi connectivity index (χ1) is 5.11. The van der Waals surface area contributed by atoms with Crippen LogP contribution in [-0.4, -0.2) is 30.4 Å². The van der Waals surface area contributed by atoms with Crippen molar-refractivity contribution in [3.05, 3.63) is 0 Å². The van der Waals surface area contributed by atoms with Gasteiger partial charge in [0.1, 0.15) is 5.84 Å². The van der Waals surface area contributed by atoms with Crippen LogP contribution in [0.1, 0.15) is 19.8 Å². The van der Waals surface area contributed by atoms with Gasteiger partial charge in [0.2, 0.25) is 0 Å². The number of nitrogens with zero attached hydrogens (tertiary/aromatic N) is 1. The number of nitrogens with two attached hydrogens (primary N) is 1. The van der Waals surface area contributed by atoms with Crippen LogP contribution in [-0.2, 0) is 0 Å². The molecule has 0 aliphatic heterocycles. The van der Waals surface area contributed by atoms with Crippen molar-refractivity contribution < 1.29 is 0 Å². The first-order valence-corrected chi connectivity index (χ1v) is 4.15. The number of hydrogen-bond acceptors (Lipinski definition) is 2. The highest BCUT2D eigenvalue weighted by Gasteiger charge is 2.25. The molecule has 1 unspecified atom stereocenters. The maximum Gasteiger partial charge on any atom is 0.108 e. The molecule has 3 heteroatoms. The summed E-state index contributed by atoms with van der Waals surface area (Å²) in [5.74, 6) is 1.15. The Bertz CT molecular complexity index is 151. The minimum atomic E-state index is 0.107. The van der Waals surface area contributed by atoms with Gasteiger partial charge in [0, 0.05) is 6.54 Å². The van der Waals surface area contributed by atoms with Gasteiger partial charge in [-0.25, -0.2) is 0 Å². The predicted octanol–water partition coefficient (Wildman–Crippen LogP) is 0.653. The summed E-state index contributed by atoms with van der Waals surface area (Å²) in [6.45, 7) is 3.07. The molecule has 1 aliphatic rings. The lowest BCUT2D eigenvalue weighted by Gasteiger charge is -2.22. The SMILES string of the molecule is CC(C(=N)N)N(C)CC1CC1. The van der Waals surface area contributed by atoms with Crippen molar-refractivity contribution in [1.29, 1.82) is 5.41 Å². The average Bonchev–Trinajstić information content (AvgIpc) is 2.69. The van der Waals surface area contributed by atoms with Crippen molar-refractivity contribution in [3.8, 4) is 0 Å². The van der Waals surface area contributed by atoms with Crippen LogP contribution < -0.4 is 5.73 Å². The van der Waals surface area contributed by atoms with Crippen LogP contribution in [0.3, 0.4) is 0 Å². The first kappa shape index (κ1) is 8.53. The molecule has 0 aromatic carbocycles. The Morgan fingerprint density at radius 2 is 2.27 bits per heavy atom. The molecular weight excluding hydrogens is 138 g/mol. The van der Waals surface area contributed by atoms with E-state index in [0.717, 1.165) is 12.5 Å². The third-order valence-corrected chi connectivity index (χ3v) is 2.35. The molecule has 0 aromatic heterocycles. The molecule has 1 saturated carbocycles. The van der Waals surface area contributed by atoms with Crippen molar-refractivity contribution in [2.45, 2.75) is 25.8 Å². The van der Waals surface area contributed by atoms with Crippen molar-refractivity contribution in [3.63, 3.8) is 0 Å². The Kier molecular flexibility index (Phi) is 2.49. The summed E-state index contributed by atoms with van der Waals surface area (Å²) in [5, 5.41) is 7.23. The Hall–Kier alpha value is -0.570. The lowest BCUT2D eigenvalue weighted by Crippen LogP contribution is -2.40. The van der Waals surface area contributed by atoms with Gasteiger partial charge < -0.3 is 5.73 Å². The Morgan fingerprint density at radius 3 is 2.64 bits per heavy atom. The van der Waals surface area contributed by atoms with Gasteiger partial charge in [0.05, 0.1) is 6.04 Å². The number of hydrogen-bond donors (Lipinski definition) is 2. The maximum atomic E-state index is 7.23. The zero-order valence-corrected chi connectivity index (χ0v) is 7.30. The topological polar surface area (TPSA) is 53.1 Å². The summed E-state index contributed by atoms with van der Waals surface area (Å²) in [6, 6.07) is 0.107. The molecule has 1 fully saturated rings. The molecule has 0 saturated heterocycles. The summed E-state index contributed by atoms with van der Waals surface area (Å²) in [4.78, 5) is 2.15. The third-order valence-electron chi connectivity index (χ3n) is 2.35. The molecule has 11 heavy (non-hydrogen) atoms. The van der Waals surface area contributed by atoms with E-state index in [0.29, 0.717) is 0 Å². The summed E-state index contributed by atoms with van der Waals surface area (Å²) >= 11 is 0. The first-order valence-electron chi connectivity index (χ1n) is 4.15. The van der Waals surface area contributed by atoms with Gasteiger partial charge in [-0.05, 0) is 32.7 Å². The smallest absolute Gasteiger partial charge is 0.108 e. The fourth-order valence-electron chi connectivity index (χ4n) is 1.10. The van der Waals surface area contributed by atoms with Crippen LogP contribution in [0.15, 0.2) is 0 Å². The zero-order valence-electron chi connectivity index (χ0n) is 7.30. The summed E-state index contributed by atoms with van der Waals surface area (Å²) < 4.78 is 0. The van der Waals surface area contributed by atoms with E-state index in [1.165, 1.54) is 12.8 Å². The van der Waals surface area contributed by atoms with Crippen LogP contribution >= 0.6 is 0 Å². The van der Waals surface area contributed by atoms with E-state index in [-0.39, 0.29) is 11.9 Å². The largest absolute Gasteiger partial charge is 0.386 e. The Morgan fingerprint density at radius 1 is 1.73 bits per heavy atom. The van der Waals surface area contributed by atoms with E-state index < -0.39 is 0 Å². The quantitative estimate of drug-likeness (QED) is 0.462. The van der Waals surface area contributed by atoms with Gasteiger partial charge >= 0.3 is 0 Å². The molecule has 0 aromatic rings. The lowest BCUT2D eigenvalue weighted by atomic mass is 10.2. The van der Waals surface area contributed by atoms with Crippen molar-refractivity contribution in [2.75, 3.05) is 13.6 Å². The molecular formula is C8H17N3. The van der Waals surface area contributed by atoms with Gasteiger partial charge in [-0.15, -0.1) is 0 Å². The van der Waals surface area contributed by atoms with E-state index in [9.17, 15) is 0 Å². The molecule has 0 bridgehead atoms. The van der Waals surface area contributed by atoms with Crippen LogP contribution in [0, 0.1) is 11.3 Å². The van der Waals surface area contributed by atoms with E-state index in [1.54, 1.807) is 0 Å². The fourth-order valence-corrected chi connectivity index (χ4v) is 1.10. The number of amidine groups is 1. The van der Waals surface area contributed by atoms with Gasteiger partial charge in [0.25, 0.3) is 0 Å². The minimum absolute atomic E-state index is 0.107. The Labute approximate surface area is 68.1 Å². The molecule has 3 nitrogen and oxygen atoms in total. The molecule has 1 aliphatic carbocycles. The predicted molar refractivity (Wildman–Crippen MR) is 46.7 cm³/mol. The summed E-state index contributed by atoms with van der Waals surface area (Å²) in [5.41, 5.74) is 5.37. The molecule has 3 N–H and O–H groups in total. The molecule has 0 radical (unpaired) electrons. The number of likely N-dealkylation sites (N-methyl/N-ethyl adjacent to an activating group) is 1. The third kappa shape index (κ3) is 2.50. The van der Waals surface area contributed by atoms with Gasteiger partial charge in [-0.2, -0.15) is 0 Å². The van der Waals surface area contributed by atoms with Crippen LogP contribution in [0.2, 0.25) is 0 Å². The second kappa shape index (κ2) is 3.22. The monoisotopic (exact) mass is 155 g/mol. The van der Waals surface area contributed by atoms with Gasteiger partial charge in [-0.3, -0.25) is 10.3 Å². The normalized spacial score (nSPS) is 20.3. The highest BCUT2D eigenvalue weighted by atomic mass is 15.1. The number of rotatable bonds is 4. The highest BCUT2D eigenvalue weighted by molar-refractivity contribution is 5.82. The van der Waals surface area contributed by atoms with E-state index in [1.807, 2.05) is 14.0 Å². The second-order valence-corrected chi connectivity index (χ2v) is 3.51. The molecule has 1 atom stereocenters. The molecule has 64 valence electrons. The lowest BCUT2D eigenvalue weighted by molar-refractivity contribution is 0.296. The van der Waals surface area contributed by atoms with E-state index in [2.05, 4.69) is 4.90 Å². The maximum absolute atomic E-state index is 7.23. The van der Waals surface area contributed by atoms with E-state index in [4.69, 9.17) is 11.1 Å². The van der Waals surface area contributed by atoms with Gasteiger partial charge in [0.15, 0.2) is 0 Å². The van der Waals surface area contributed by atoms with Crippen molar-refractivity contribution >= 4 is 5.84 Å². The van der Waals surface area contributed by atoms with E-state index >= 15 is 0 Å². The van der Waals surface area contributed by atoms with Crippen molar-refractivity contribution in [1.82, 2.24) is 4.90 Å². The molecule has 0 amide bonds. The summed E-state index contributed by atoms with van der Waals surface area (Å²) in [7, 11) is 2.03. The summed E-state index contributed by atoms with van der Waals surface area (Å²) in [6.07, 6.45) is 2.71. The van der Waals surface area contributed by atoms with Gasteiger partial charge in [-0.1, -0.05) is 0 Å². The average molecular weight is 155 g/mol. The van der Waals surface area contributed by atoms with Crippen LogP contribution in [0.25, 0.3) is 0 Å². The fraction of sp³-hybridized carbons (Fsp3) is 0.875. The van der Waals surface area contributed by atoms with Crippen LogP contribution in [0.5, 0.6) is 0 Å². The second-order valence-electron chi connectivity index (χ2n) is 3.51. The van der Waals surface area contributed by atoms with Crippen molar-refractivity contribution in [2.24, 2.45) is 11.7 Å². The Balaban J connectivity index is 2.26. The molecule has 0 spiro atoms. The number of nitrogens with one attached hydrogen (secondary N) is 1. The standard InChI is InChI=1S/C8H17N3/c1-6(8(9)10)11(2)5-7-3-4-7/h6-7H,3-5H2,1-2H3,(H3,9,10). The zero-order chi connectivity index (χ0) is 8.43. The molecule has 1 rings (SSSR count). The highest BCUT2D eigenvalue weighted by Crippen LogP contribution is 2.29. The minimum Gasteiger partial charge on any atom is -0.386 e.